The molecule has 0 bridgehead atoms. The summed E-state index contributed by atoms with van der Waals surface area (Å²) >= 11 is 0. The summed E-state index contributed by atoms with van der Waals surface area (Å²) in [6, 6.07) is 9.47. The van der Waals surface area contributed by atoms with E-state index < -0.39 is 16.1 Å². The number of hydrogen-bond donors (Lipinski definition) is 1. The zero-order valence-electron chi connectivity index (χ0n) is 20.2. The van der Waals surface area contributed by atoms with Crippen LogP contribution in [0, 0.1) is 20.8 Å². The van der Waals surface area contributed by atoms with Gasteiger partial charge < -0.3 is 10.1 Å². The number of ether oxygens (including phenoxy) is 1. The third-order valence-electron chi connectivity index (χ3n) is 6.09. The fourth-order valence-electron chi connectivity index (χ4n) is 4.00. The number of sulfonamides is 1. The number of nitrogens with one attached hydrogen (secondary N) is 1. The van der Waals surface area contributed by atoms with E-state index in [9.17, 15) is 13.2 Å². The number of nitrogens with zero attached hydrogens (tertiary/aromatic N) is 1. The van der Waals surface area contributed by atoms with Gasteiger partial charge in [-0.3, -0.25) is 9.10 Å². The van der Waals surface area contributed by atoms with E-state index in [1.165, 1.54) is 9.87 Å². The van der Waals surface area contributed by atoms with E-state index in [0.29, 0.717) is 11.4 Å². The molecule has 0 spiro atoms. The van der Waals surface area contributed by atoms with E-state index in [1.807, 2.05) is 32.9 Å². The highest BCUT2D eigenvalue weighted by Gasteiger charge is 2.36. The summed E-state index contributed by atoms with van der Waals surface area (Å²) in [6.07, 6.45) is 0.217. The fourth-order valence-corrected chi connectivity index (χ4v) is 4.91. The first-order valence-electron chi connectivity index (χ1n) is 10.9. The number of aryl methyl sites for hydroxylation is 3. The van der Waals surface area contributed by atoms with Gasteiger partial charge in [0.15, 0.2) is 6.10 Å². The predicted molar refractivity (Wildman–Crippen MR) is 129 cm³/mol. The molecular weight excluding hydrogens is 424 g/mol. The summed E-state index contributed by atoms with van der Waals surface area (Å²) in [4.78, 5) is 13.1. The number of rotatable bonds is 4. The van der Waals surface area contributed by atoms with Crippen molar-refractivity contribution in [3.63, 3.8) is 0 Å². The quantitative estimate of drug-likeness (QED) is 0.741. The van der Waals surface area contributed by atoms with Crippen LogP contribution < -0.4 is 14.4 Å². The molecule has 0 radical (unpaired) electrons. The summed E-state index contributed by atoms with van der Waals surface area (Å²) in [5.41, 5.74) is 5.82. The molecule has 0 aromatic heterocycles. The Hall–Kier alpha value is -2.54. The zero-order valence-corrected chi connectivity index (χ0v) is 21.1. The van der Waals surface area contributed by atoms with Gasteiger partial charge in [0.25, 0.3) is 5.91 Å². The molecule has 1 N–H and O–H groups in total. The van der Waals surface area contributed by atoms with Crippen molar-refractivity contribution in [3.8, 4) is 5.75 Å². The second-order valence-electron chi connectivity index (χ2n) is 9.86. The van der Waals surface area contributed by atoms with Gasteiger partial charge in [-0.1, -0.05) is 39.0 Å². The normalized spacial score (nSPS) is 17.4. The van der Waals surface area contributed by atoms with Crippen molar-refractivity contribution in [2.24, 2.45) is 0 Å². The smallest absolute Gasteiger partial charge is 0.263 e. The number of benzene rings is 2. The molecule has 32 heavy (non-hydrogen) atoms. The first-order valence-corrected chi connectivity index (χ1v) is 12.7. The molecule has 1 aliphatic rings. The Morgan fingerprint density at radius 3 is 2.31 bits per heavy atom. The van der Waals surface area contributed by atoms with E-state index in [1.54, 1.807) is 6.07 Å². The molecule has 0 aliphatic carbocycles. The number of fused-ring (bicyclic) bond motifs is 1. The molecule has 0 saturated carbocycles. The summed E-state index contributed by atoms with van der Waals surface area (Å²) in [6.45, 7) is 14.2. The molecule has 1 aliphatic heterocycles. The largest absolute Gasteiger partial charge is 0.476 e. The molecule has 0 fully saturated rings. The maximum absolute atomic E-state index is 13.1. The van der Waals surface area contributed by atoms with Crippen LogP contribution in [0.2, 0.25) is 0 Å². The fraction of sp³-hybridized carbons (Fsp3) is 0.480. The zero-order chi connectivity index (χ0) is 24.0. The van der Waals surface area contributed by atoms with Crippen LogP contribution in [-0.2, 0) is 20.2 Å². The van der Waals surface area contributed by atoms with Gasteiger partial charge in [-0.2, -0.15) is 0 Å². The number of hydrogen-bond acceptors (Lipinski definition) is 4. The highest BCUT2D eigenvalue weighted by atomic mass is 32.2. The molecule has 2 atom stereocenters. The summed E-state index contributed by atoms with van der Waals surface area (Å²) in [5.74, 6) is 0.0548. The highest BCUT2D eigenvalue weighted by molar-refractivity contribution is 7.92. The minimum Gasteiger partial charge on any atom is -0.476 e. The van der Waals surface area contributed by atoms with Crippen molar-refractivity contribution < 1.29 is 17.9 Å². The summed E-state index contributed by atoms with van der Waals surface area (Å²) < 4.78 is 32.4. The monoisotopic (exact) mass is 458 g/mol. The van der Waals surface area contributed by atoms with Crippen molar-refractivity contribution in [3.05, 3.63) is 58.1 Å². The van der Waals surface area contributed by atoms with Gasteiger partial charge in [0, 0.05) is 0 Å². The molecule has 3 rings (SSSR count). The first-order chi connectivity index (χ1) is 14.7. The van der Waals surface area contributed by atoms with Crippen molar-refractivity contribution >= 4 is 21.6 Å². The topological polar surface area (TPSA) is 75.7 Å². The van der Waals surface area contributed by atoms with E-state index in [2.05, 4.69) is 45.1 Å². The lowest BCUT2D eigenvalue weighted by atomic mass is 9.86. The van der Waals surface area contributed by atoms with Crippen LogP contribution in [0.3, 0.4) is 0 Å². The van der Waals surface area contributed by atoms with Crippen molar-refractivity contribution in [2.45, 2.75) is 66.0 Å². The lowest BCUT2D eigenvalue weighted by Gasteiger charge is -2.35. The Kier molecular flexibility index (Phi) is 6.35. The van der Waals surface area contributed by atoms with Gasteiger partial charge in [-0.25, -0.2) is 8.42 Å². The minimum absolute atomic E-state index is 0.0656. The van der Waals surface area contributed by atoms with Gasteiger partial charge >= 0.3 is 0 Å². The first kappa shape index (κ1) is 24.1. The molecular formula is C25H34N2O4S. The lowest BCUT2D eigenvalue weighted by molar-refractivity contribution is -0.128. The molecule has 2 aromatic carbocycles. The Morgan fingerprint density at radius 2 is 1.72 bits per heavy atom. The van der Waals surface area contributed by atoms with Crippen LogP contribution in [0.4, 0.5) is 5.69 Å². The van der Waals surface area contributed by atoms with Crippen LogP contribution in [0.1, 0.15) is 61.6 Å². The molecule has 7 heteroatoms. The van der Waals surface area contributed by atoms with E-state index in [4.69, 9.17) is 4.74 Å². The molecule has 1 heterocycles. The Bertz CT molecular complexity index is 1150. The summed E-state index contributed by atoms with van der Waals surface area (Å²) in [7, 11) is -3.59. The van der Waals surface area contributed by atoms with Crippen molar-refractivity contribution in [2.75, 3.05) is 17.1 Å². The van der Waals surface area contributed by atoms with Gasteiger partial charge in [-0.15, -0.1) is 0 Å². The molecule has 0 unspecified atom stereocenters. The maximum atomic E-state index is 13.1. The Labute approximate surface area is 192 Å². The second kappa shape index (κ2) is 8.43. The number of carbonyl (C=O) groups excluding carboxylic acids is 1. The van der Waals surface area contributed by atoms with Gasteiger partial charge in [0.05, 0.1) is 24.5 Å². The van der Waals surface area contributed by atoms with E-state index in [0.717, 1.165) is 28.5 Å². The average molecular weight is 459 g/mol. The molecule has 6 nitrogen and oxygen atoms in total. The van der Waals surface area contributed by atoms with Crippen LogP contribution in [0.25, 0.3) is 0 Å². The van der Waals surface area contributed by atoms with E-state index >= 15 is 0 Å². The SMILES string of the molecule is Cc1cc(C)c([C@@H](C)NC(=O)[C@@H]2CN(S(C)(=O)=O)c3cc(C(C)(C)C)ccc3O2)cc1C. The third-order valence-corrected chi connectivity index (χ3v) is 7.24. The van der Waals surface area contributed by atoms with Crippen LogP contribution in [-0.4, -0.2) is 33.2 Å². The molecule has 2 aromatic rings. The molecule has 174 valence electrons. The molecule has 0 saturated heterocycles. The second-order valence-corrected chi connectivity index (χ2v) is 11.8. The average Bonchev–Trinajstić information content (AvgIpc) is 2.67. The summed E-state index contributed by atoms with van der Waals surface area (Å²) in [5, 5.41) is 3.01. The van der Waals surface area contributed by atoms with Gasteiger partial charge in [-0.05, 0) is 73.1 Å². The van der Waals surface area contributed by atoms with Crippen LogP contribution >= 0.6 is 0 Å². The van der Waals surface area contributed by atoms with E-state index in [-0.39, 0.29) is 23.9 Å². The van der Waals surface area contributed by atoms with Crippen molar-refractivity contribution in [1.82, 2.24) is 5.32 Å². The number of amides is 1. The number of carbonyl (C=O) groups is 1. The Morgan fingerprint density at radius 1 is 1.09 bits per heavy atom. The third kappa shape index (κ3) is 4.93. The molecule has 1 amide bonds. The predicted octanol–water partition coefficient (Wildman–Crippen LogP) is 4.31. The van der Waals surface area contributed by atoms with Crippen molar-refractivity contribution in [1.29, 1.82) is 0 Å². The number of anilines is 1. The van der Waals surface area contributed by atoms with Gasteiger partial charge in [0.2, 0.25) is 10.0 Å². The minimum atomic E-state index is -3.59. The van der Waals surface area contributed by atoms with Gasteiger partial charge in [0.1, 0.15) is 5.75 Å². The van der Waals surface area contributed by atoms with Crippen LogP contribution in [0.15, 0.2) is 30.3 Å². The van der Waals surface area contributed by atoms with Crippen LogP contribution in [0.5, 0.6) is 5.75 Å². The highest BCUT2D eigenvalue weighted by Crippen LogP contribution is 2.38. The lowest BCUT2D eigenvalue weighted by Crippen LogP contribution is -2.51. The Balaban J connectivity index is 1.88. The maximum Gasteiger partial charge on any atom is 0.263 e. The standard InChI is InChI=1S/C25H34N2O4S/c1-15-11-17(3)20(12-16(15)2)18(4)26-24(28)23-14-27(32(8,29)30)21-13-19(25(5,6)7)9-10-22(21)31-23/h9-13,18,23H,14H2,1-8H3,(H,26,28)/t18-,23+/m1/s1.